The SMILES string of the molecule is CCCCCCCCCCCCCCCC(=O)COC(=O)Oc1ccc([N+](=O)[O-])cc1. The number of carbonyl (C=O) groups excluding carboxylic acids is 2. The second-order valence-corrected chi connectivity index (χ2v) is 7.92. The monoisotopic (exact) mass is 435 g/mol. The number of hydrogen-bond acceptors (Lipinski definition) is 6. The number of ether oxygens (including phenoxy) is 2. The molecule has 7 heteroatoms. The molecule has 0 atom stereocenters. The molecule has 0 aliphatic rings. The second-order valence-electron chi connectivity index (χ2n) is 7.92. The second kappa shape index (κ2) is 17.3. The van der Waals surface area contributed by atoms with Crippen molar-refractivity contribution in [2.24, 2.45) is 0 Å². The van der Waals surface area contributed by atoms with Crippen molar-refractivity contribution in [3.8, 4) is 5.75 Å². The topological polar surface area (TPSA) is 95.7 Å². The molecule has 1 aromatic carbocycles. The molecule has 0 saturated heterocycles. The van der Waals surface area contributed by atoms with Crippen molar-refractivity contribution < 1.29 is 24.0 Å². The molecule has 0 unspecified atom stereocenters. The number of nitrogens with zero attached hydrogens (tertiary/aromatic N) is 1. The molecule has 1 aromatic rings. The average molecular weight is 436 g/mol. The van der Waals surface area contributed by atoms with Gasteiger partial charge >= 0.3 is 6.16 Å². The molecule has 0 fully saturated rings. The van der Waals surface area contributed by atoms with E-state index in [1.54, 1.807) is 0 Å². The maximum atomic E-state index is 11.8. The molecule has 0 aromatic heterocycles. The van der Waals surface area contributed by atoms with Crippen molar-refractivity contribution in [1.82, 2.24) is 0 Å². The van der Waals surface area contributed by atoms with E-state index in [0.29, 0.717) is 6.42 Å². The molecule has 0 amide bonds. The number of hydrogen-bond donors (Lipinski definition) is 0. The van der Waals surface area contributed by atoms with Crippen LogP contribution in [0, 0.1) is 10.1 Å². The van der Waals surface area contributed by atoms with Crippen molar-refractivity contribution in [3.63, 3.8) is 0 Å². The Morgan fingerprint density at radius 2 is 1.29 bits per heavy atom. The lowest BCUT2D eigenvalue weighted by Crippen LogP contribution is -2.16. The number of ketones is 1. The lowest BCUT2D eigenvalue weighted by molar-refractivity contribution is -0.384. The number of non-ortho nitro benzene ring substituents is 1. The molecular weight excluding hydrogens is 398 g/mol. The molecule has 0 aliphatic heterocycles. The van der Waals surface area contributed by atoms with Gasteiger partial charge in [-0.2, -0.15) is 0 Å². The third kappa shape index (κ3) is 14.2. The fraction of sp³-hybridized carbons (Fsp3) is 0.667. The average Bonchev–Trinajstić information content (AvgIpc) is 2.76. The summed E-state index contributed by atoms with van der Waals surface area (Å²) in [6.07, 6.45) is 15.6. The minimum atomic E-state index is -0.993. The molecule has 0 saturated carbocycles. The number of nitro benzene ring substituents is 1. The fourth-order valence-electron chi connectivity index (χ4n) is 3.31. The summed E-state index contributed by atoms with van der Waals surface area (Å²) in [6, 6.07) is 5.05. The molecule has 0 bridgehead atoms. The first-order chi connectivity index (χ1) is 15.0. The number of rotatable bonds is 18. The Morgan fingerprint density at radius 3 is 1.77 bits per heavy atom. The Hall–Kier alpha value is -2.44. The van der Waals surface area contributed by atoms with Gasteiger partial charge in [0, 0.05) is 18.6 Å². The van der Waals surface area contributed by atoms with Gasteiger partial charge in [-0.15, -0.1) is 0 Å². The number of unbranched alkanes of at least 4 members (excludes halogenated alkanes) is 12. The van der Waals surface area contributed by atoms with Crippen LogP contribution in [0.2, 0.25) is 0 Å². The first kappa shape index (κ1) is 26.6. The van der Waals surface area contributed by atoms with E-state index in [1.165, 1.54) is 88.5 Å². The Labute approximate surface area is 185 Å². The lowest BCUT2D eigenvalue weighted by Gasteiger charge is -2.06. The zero-order valence-electron chi connectivity index (χ0n) is 18.8. The third-order valence-corrected chi connectivity index (χ3v) is 5.16. The van der Waals surface area contributed by atoms with Gasteiger partial charge in [0.05, 0.1) is 4.92 Å². The summed E-state index contributed by atoms with van der Waals surface area (Å²) in [5.74, 6) is -0.0109. The summed E-state index contributed by atoms with van der Waals surface area (Å²) in [6.45, 7) is 1.93. The molecule has 1 rings (SSSR count). The van der Waals surface area contributed by atoms with Crippen LogP contribution >= 0.6 is 0 Å². The predicted molar refractivity (Wildman–Crippen MR) is 120 cm³/mol. The highest BCUT2D eigenvalue weighted by Crippen LogP contribution is 2.18. The third-order valence-electron chi connectivity index (χ3n) is 5.16. The number of benzene rings is 1. The highest BCUT2D eigenvalue weighted by atomic mass is 16.7. The van der Waals surface area contributed by atoms with Crippen molar-refractivity contribution >= 4 is 17.6 Å². The Kier molecular flexibility index (Phi) is 14.8. The Balaban J connectivity index is 1.95. The van der Waals surface area contributed by atoms with E-state index in [4.69, 9.17) is 9.47 Å². The lowest BCUT2D eigenvalue weighted by atomic mass is 10.0. The van der Waals surface area contributed by atoms with Gasteiger partial charge in [0.2, 0.25) is 0 Å². The van der Waals surface area contributed by atoms with Gasteiger partial charge in [0.1, 0.15) is 5.75 Å². The van der Waals surface area contributed by atoms with Crippen LogP contribution in [-0.2, 0) is 9.53 Å². The van der Waals surface area contributed by atoms with E-state index in [0.717, 1.165) is 19.3 Å². The minimum absolute atomic E-state index is 0.103. The van der Waals surface area contributed by atoms with E-state index < -0.39 is 11.1 Å². The van der Waals surface area contributed by atoms with Gasteiger partial charge in [-0.05, 0) is 18.6 Å². The first-order valence-electron chi connectivity index (χ1n) is 11.6. The number of nitro groups is 1. The van der Waals surface area contributed by atoms with Crippen LogP contribution in [0.3, 0.4) is 0 Å². The fourth-order valence-corrected chi connectivity index (χ4v) is 3.31. The zero-order valence-corrected chi connectivity index (χ0v) is 18.8. The smallest absolute Gasteiger partial charge is 0.426 e. The molecule has 0 N–H and O–H groups in total. The van der Waals surface area contributed by atoms with Crippen molar-refractivity contribution in [2.45, 2.75) is 96.8 Å². The van der Waals surface area contributed by atoms with Crippen LogP contribution in [0.5, 0.6) is 5.75 Å². The van der Waals surface area contributed by atoms with Crippen LogP contribution in [0.4, 0.5) is 10.5 Å². The van der Waals surface area contributed by atoms with Crippen LogP contribution < -0.4 is 4.74 Å². The van der Waals surface area contributed by atoms with Gasteiger partial charge in [0.25, 0.3) is 5.69 Å². The largest absolute Gasteiger partial charge is 0.514 e. The van der Waals surface area contributed by atoms with Crippen LogP contribution in [0.15, 0.2) is 24.3 Å². The van der Waals surface area contributed by atoms with E-state index in [2.05, 4.69) is 6.92 Å². The number of carbonyl (C=O) groups is 2. The van der Waals surface area contributed by atoms with Crippen LogP contribution in [-0.4, -0.2) is 23.5 Å². The summed E-state index contributed by atoms with van der Waals surface area (Å²) in [5.41, 5.74) is -0.103. The summed E-state index contributed by atoms with van der Waals surface area (Å²) in [5, 5.41) is 10.6. The maximum Gasteiger partial charge on any atom is 0.514 e. The quantitative estimate of drug-likeness (QED) is 0.0798. The van der Waals surface area contributed by atoms with Crippen molar-refractivity contribution in [2.75, 3.05) is 6.61 Å². The van der Waals surface area contributed by atoms with E-state index in [9.17, 15) is 19.7 Å². The highest BCUT2D eigenvalue weighted by molar-refractivity contribution is 5.81. The first-order valence-corrected chi connectivity index (χ1v) is 11.6. The van der Waals surface area contributed by atoms with Crippen molar-refractivity contribution in [1.29, 1.82) is 0 Å². The Bertz CT molecular complexity index is 644. The molecular formula is C24H37NO6. The Morgan fingerprint density at radius 1 is 0.806 bits per heavy atom. The molecule has 0 spiro atoms. The van der Waals surface area contributed by atoms with E-state index >= 15 is 0 Å². The molecule has 0 radical (unpaired) electrons. The van der Waals surface area contributed by atoms with Crippen LogP contribution in [0.25, 0.3) is 0 Å². The number of Topliss-reactive ketones (excluding diaryl/α,β-unsaturated/α-hetero) is 1. The summed E-state index contributed by atoms with van der Waals surface area (Å²) in [7, 11) is 0. The minimum Gasteiger partial charge on any atom is -0.426 e. The van der Waals surface area contributed by atoms with Crippen LogP contribution in [0.1, 0.15) is 96.8 Å². The standard InChI is InChI=1S/C24H37NO6/c1-2-3-4-5-6-7-8-9-10-11-12-13-14-15-22(26)20-30-24(27)31-23-18-16-21(17-19-23)25(28)29/h16-19H,2-15,20H2,1H3. The van der Waals surface area contributed by atoms with Gasteiger partial charge in [-0.25, -0.2) is 4.79 Å². The molecule has 7 nitrogen and oxygen atoms in total. The summed E-state index contributed by atoms with van der Waals surface area (Å²) >= 11 is 0. The van der Waals surface area contributed by atoms with Crippen molar-refractivity contribution in [3.05, 3.63) is 34.4 Å². The summed E-state index contributed by atoms with van der Waals surface area (Å²) in [4.78, 5) is 33.4. The maximum absolute atomic E-state index is 11.8. The highest BCUT2D eigenvalue weighted by Gasteiger charge is 2.11. The van der Waals surface area contributed by atoms with Gasteiger partial charge in [0.15, 0.2) is 12.4 Å². The zero-order chi connectivity index (χ0) is 22.7. The van der Waals surface area contributed by atoms with Gasteiger partial charge < -0.3 is 9.47 Å². The van der Waals surface area contributed by atoms with Gasteiger partial charge in [-0.3, -0.25) is 14.9 Å². The predicted octanol–water partition coefficient (Wildman–Crippen LogP) is 7.16. The summed E-state index contributed by atoms with van der Waals surface area (Å²) < 4.78 is 9.69. The normalized spacial score (nSPS) is 10.6. The molecule has 0 heterocycles. The van der Waals surface area contributed by atoms with E-state index in [-0.39, 0.29) is 23.8 Å². The molecule has 31 heavy (non-hydrogen) atoms. The molecule has 174 valence electrons. The molecule has 0 aliphatic carbocycles. The van der Waals surface area contributed by atoms with Gasteiger partial charge in [-0.1, -0.05) is 84.0 Å². The van der Waals surface area contributed by atoms with E-state index in [1.807, 2.05) is 0 Å².